The van der Waals surface area contributed by atoms with Crippen molar-refractivity contribution in [1.29, 1.82) is 0 Å². The summed E-state index contributed by atoms with van der Waals surface area (Å²) in [4.78, 5) is 22.4. The Kier molecular flexibility index (Phi) is 6.40. The first-order chi connectivity index (χ1) is 9.93. The fraction of sp³-hybridized carbons (Fsp3) is 0.294. The number of hydrogen-bond donors (Lipinski definition) is 1. The Morgan fingerprint density at radius 1 is 1.29 bits per heavy atom. The van der Waals surface area contributed by atoms with Gasteiger partial charge in [-0.2, -0.15) is 0 Å². The number of carbonyl (C=O) groups is 2. The first kappa shape index (κ1) is 16.7. The molecule has 0 amide bonds. The van der Waals surface area contributed by atoms with Crippen LogP contribution in [0.4, 0.5) is 0 Å². The molecule has 0 saturated heterocycles. The molecule has 0 bridgehead atoms. The first-order valence-corrected chi connectivity index (χ1v) is 6.79. The van der Waals surface area contributed by atoms with Gasteiger partial charge in [-0.1, -0.05) is 37.8 Å². The molecule has 0 aliphatic heterocycles. The van der Waals surface area contributed by atoms with Gasteiger partial charge in [0.15, 0.2) is 0 Å². The number of carboxylic acids is 1. The van der Waals surface area contributed by atoms with Crippen LogP contribution in [-0.4, -0.2) is 23.7 Å². The predicted molar refractivity (Wildman–Crippen MR) is 81.8 cm³/mol. The van der Waals surface area contributed by atoms with Gasteiger partial charge in [-0.15, -0.1) is 0 Å². The lowest BCUT2D eigenvalue weighted by Crippen LogP contribution is -2.09. The van der Waals surface area contributed by atoms with Gasteiger partial charge in [0, 0.05) is 17.6 Å². The molecule has 1 N–H and O–H groups in total. The normalized spacial score (nSPS) is 11.0. The zero-order chi connectivity index (χ0) is 15.8. The quantitative estimate of drug-likeness (QED) is 0.618. The summed E-state index contributed by atoms with van der Waals surface area (Å²) in [5.41, 5.74) is 2.51. The molecule has 0 atom stereocenters. The van der Waals surface area contributed by atoms with Crippen LogP contribution in [0.3, 0.4) is 0 Å². The molecular weight excluding hydrogens is 268 g/mol. The minimum Gasteiger partial charge on any atom is -0.478 e. The smallest absolute Gasteiger partial charge is 0.333 e. The Morgan fingerprint density at radius 2 is 1.90 bits per heavy atom. The molecule has 112 valence electrons. The summed E-state index contributed by atoms with van der Waals surface area (Å²) in [6.07, 6.45) is 2.69. The highest BCUT2D eigenvalue weighted by Gasteiger charge is 2.10. The van der Waals surface area contributed by atoms with E-state index in [0.29, 0.717) is 5.57 Å². The Balaban J connectivity index is 2.71. The van der Waals surface area contributed by atoms with Crippen molar-refractivity contribution in [3.05, 3.63) is 53.1 Å². The van der Waals surface area contributed by atoms with Crippen LogP contribution in [0, 0.1) is 0 Å². The number of aryl methyl sites for hydroxylation is 1. The van der Waals surface area contributed by atoms with E-state index >= 15 is 0 Å². The molecule has 0 aliphatic carbocycles. The van der Waals surface area contributed by atoms with Gasteiger partial charge >= 0.3 is 11.9 Å². The molecule has 1 aromatic carbocycles. The van der Waals surface area contributed by atoms with Gasteiger partial charge in [0.25, 0.3) is 0 Å². The van der Waals surface area contributed by atoms with E-state index in [1.807, 2.05) is 24.3 Å². The second kappa shape index (κ2) is 8.04. The van der Waals surface area contributed by atoms with Gasteiger partial charge in [-0.25, -0.2) is 9.59 Å². The number of carbonyl (C=O) groups excluding carboxylic acids is 1. The third-order valence-electron chi connectivity index (χ3n) is 2.96. The Bertz CT molecular complexity index is 553. The van der Waals surface area contributed by atoms with Gasteiger partial charge in [0.1, 0.15) is 0 Å². The lowest BCUT2D eigenvalue weighted by molar-refractivity contribution is -0.139. The van der Waals surface area contributed by atoms with Crippen LogP contribution < -0.4 is 0 Å². The maximum absolute atomic E-state index is 11.2. The second-order valence-electron chi connectivity index (χ2n) is 4.74. The standard InChI is InChI=1S/C17H20O4/c1-4-13-5-7-14(8-6-13)11-15(16(18)19)9-10-21-17(20)12(2)3/h5-8,11H,2,4,9-10H2,1,3H3,(H,18,19). The number of rotatable bonds is 7. The van der Waals surface area contributed by atoms with Crippen molar-refractivity contribution in [2.24, 2.45) is 0 Å². The van der Waals surface area contributed by atoms with E-state index in [1.165, 1.54) is 5.56 Å². The largest absolute Gasteiger partial charge is 0.478 e. The summed E-state index contributed by atoms with van der Waals surface area (Å²) in [5.74, 6) is -1.52. The third kappa shape index (κ3) is 5.65. The molecule has 0 spiro atoms. The van der Waals surface area contributed by atoms with E-state index in [0.717, 1.165) is 12.0 Å². The number of aliphatic carboxylic acids is 1. The molecule has 4 nitrogen and oxygen atoms in total. The van der Waals surface area contributed by atoms with Crippen LogP contribution in [-0.2, 0) is 20.7 Å². The molecule has 0 unspecified atom stereocenters. The number of esters is 1. The summed E-state index contributed by atoms with van der Waals surface area (Å²) < 4.78 is 4.92. The second-order valence-corrected chi connectivity index (χ2v) is 4.74. The van der Waals surface area contributed by atoms with Crippen molar-refractivity contribution < 1.29 is 19.4 Å². The van der Waals surface area contributed by atoms with E-state index in [1.54, 1.807) is 13.0 Å². The van der Waals surface area contributed by atoms with Gasteiger partial charge in [-0.05, 0) is 30.5 Å². The van der Waals surface area contributed by atoms with Crippen molar-refractivity contribution >= 4 is 18.0 Å². The fourth-order valence-corrected chi connectivity index (χ4v) is 1.67. The van der Waals surface area contributed by atoms with E-state index in [-0.39, 0.29) is 18.6 Å². The van der Waals surface area contributed by atoms with E-state index < -0.39 is 11.9 Å². The molecule has 1 rings (SSSR count). The molecule has 0 aromatic heterocycles. The topological polar surface area (TPSA) is 63.6 Å². The minimum absolute atomic E-state index is 0.0247. The monoisotopic (exact) mass is 288 g/mol. The average molecular weight is 288 g/mol. The third-order valence-corrected chi connectivity index (χ3v) is 2.96. The van der Waals surface area contributed by atoms with Gasteiger partial charge < -0.3 is 9.84 Å². The summed E-state index contributed by atoms with van der Waals surface area (Å²) in [6.45, 7) is 7.10. The van der Waals surface area contributed by atoms with Crippen molar-refractivity contribution in [1.82, 2.24) is 0 Å². The van der Waals surface area contributed by atoms with Gasteiger partial charge in [0.2, 0.25) is 0 Å². The fourth-order valence-electron chi connectivity index (χ4n) is 1.67. The molecule has 1 aromatic rings. The zero-order valence-corrected chi connectivity index (χ0v) is 12.4. The van der Waals surface area contributed by atoms with Crippen molar-refractivity contribution in [3.63, 3.8) is 0 Å². The van der Waals surface area contributed by atoms with Gasteiger partial charge in [0.05, 0.1) is 6.61 Å². The average Bonchev–Trinajstić information content (AvgIpc) is 2.46. The summed E-state index contributed by atoms with van der Waals surface area (Å²) >= 11 is 0. The van der Waals surface area contributed by atoms with Crippen LogP contribution in [0.2, 0.25) is 0 Å². The van der Waals surface area contributed by atoms with Crippen molar-refractivity contribution in [2.75, 3.05) is 6.61 Å². The van der Waals surface area contributed by atoms with E-state index in [4.69, 9.17) is 4.74 Å². The highest BCUT2D eigenvalue weighted by molar-refractivity contribution is 5.92. The first-order valence-electron chi connectivity index (χ1n) is 6.79. The predicted octanol–water partition coefficient (Wildman–Crippen LogP) is 3.23. The van der Waals surface area contributed by atoms with Crippen LogP contribution in [0.5, 0.6) is 0 Å². The van der Waals surface area contributed by atoms with Crippen LogP contribution in [0.1, 0.15) is 31.4 Å². The highest BCUT2D eigenvalue weighted by Crippen LogP contribution is 2.12. The molecular formula is C17H20O4. The zero-order valence-electron chi connectivity index (χ0n) is 12.4. The van der Waals surface area contributed by atoms with Crippen LogP contribution >= 0.6 is 0 Å². The molecule has 4 heteroatoms. The minimum atomic E-state index is -1.01. The van der Waals surface area contributed by atoms with E-state index in [2.05, 4.69) is 13.5 Å². The number of carboxylic acid groups (broad SMARTS) is 1. The number of benzene rings is 1. The SMILES string of the molecule is C=C(C)C(=O)OCCC(=Cc1ccc(CC)cc1)C(=O)O. The molecule has 0 heterocycles. The lowest BCUT2D eigenvalue weighted by atomic mass is 10.1. The van der Waals surface area contributed by atoms with Crippen LogP contribution in [0.25, 0.3) is 6.08 Å². The van der Waals surface area contributed by atoms with E-state index in [9.17, 15) is 14.7 Å². The summed E-state index contributed by atoms with van der Waals surface area (Å²) in [6, 6.07) is 7.68. The van der Waals surface area contributed by atoms with Crippen molar-refractivity contribution in [3.8, 4) is 0 Å². The Hall–Kier alpha value is -2.36. The molecule has 0 aliphatic rings. The number of hydrogen-bond acceptors (Lipinski definition) is 3. The number of ether oxygens (including phenoxy) is 1. The van der Waals surface area contributed by atoms with Crippen LogP contribution in [0.15, 0.2) is 42.0 Å². The molecule has 21 heavy (non-hydrogen) atoms. The Morgan fingerprint density at radius 3 is 2.38 bits per heavy atom. The maximum Gasteiger partial charge on any atom is 0.333 e. The van der Waals surface area contributed by atoms with Crippen molar-refractivity contribution in [2.45, 2.75) is 26.7 Å². The molecule has 0 saturated carbocycles. The lowest BCUT2D eigenvalue weighted by Gasteiger charge is -2.06. The van der Waals surface area contributed by atoms with Gasteiger partial charge in [-0.3, -0.25) is 0 Å². The molecule has 0 fully saturated rings. The summed E-state index contributed by atoms with van der Waals surface area (Å²) in [5, 5.41) is 9.18. The highest BCUT2D eigenvalue weighted by atomic mass is 16.5. The Labute approximate surface area is 124 Å². The summed E-state index contributed by atoms with van der Waals surface area (Å²) in [7, 11) is 0. The maximum atomic E-state index is 11.2. The molecule has 0 radical (unpaired) electrons.